The number of piperidine rings is 1. The lowest BCUT2D eigenvalue weighted by Crippen LogP contribution is -2.46. The number of fused-ring (bicyclic) bond motifs is 2. The third-order valence-corrected chi connectivity index (χ3v) is 7.69. The van der Waals surface area contributed by atoms with Crippen molar-refractivity contribution >= 4 is 18.0 Å². The summed E-state index contributed by atoms with van der Waals surface area (Å²) in [6, 6.07) is 5.72. The summed E-state index contributed by atoms with van der Waals surface area (Å²) in [7, 11) is 10.8. The van der Waals surface area contributed by atoms with Crippen molar-refractivity contribution in [1.82, 2.24) is 4.90 Å². The molecule has 5 atom stereocenters. The first-order chi connectivity index (χ1) is 20.2. The van der Waals surface area contributed by atoms with Crippen LogP contribution in [0.2, 0.25) is 0 Å². The molecule has 2 aliphatic heterocycles. The van der Waals surface area contributed by atoms with Crippen LogP contribution in [0.25, 0.3) is 6.08 Å². The second-order valence-corrected chi connectivity index (χ2v) is 9.90. The maximum Gasteiger partial charge on any atom is 0.338 e. The molecule has 0 spiro atoms. The SMILES string of the molecule is COc1cc(/C=C/C(=O)O[C@H]2[C@@H](O)[C@H]3C[C@@H](OC(=O)c4cc(OC)c(OC)c(OC)c4)C[C@@H]2N3C)cc(OC)c1OC. The number of hydrogen-bond donors (Lipinski definition) is 1. The lowest BCUT2D eigenvalue weighted by Gasteiger charge is -2.36. The summed E-state index contributed by atoms with van der Waals surface area (Å²) < 4.78 is 43.6. The van der Waals surface area contributed by atoms with Crippen LogP contribution in [0.15, 0.2) is 30.3 Å². The van der Waals surface area contributed by atoms with Gasteiger partial charge in [-0.25, -0.2) is 9.59 Å². The summed E-state index contributed by atoms with van der Waals surface area (Å²) in [4.78, 5) is 27.9. The van der Waals surface area contributed by atoms with Crippen LogP contribution in [0.1, 0.15) is 28.8 Å². The highest BCUT2D eigenvalue weighted by molar-refractivity contribution is 5.91. The average molecular weight is 588 g/mol. The molecule has 2 fully saturated rings. The topological polar surface area (TPSA) is 131 Å². The van der Waals surface area contributed by atoms with Gasteiger partial charge < -0.3 is 43.0 Å². The molecule has 1 N–H and O–H groups in total. The molecule has 0 aliphatic carbocycles. The van der Waals surface area contributed by atoms with Crippen molar-refractivity contribution in [1.29, 1.82) is 0 Å². The second kappa shape index (κ2) is 13.2. The molecule has 2 aromatic rings. The van der Waals surface area contributed by atoms with E-state index in [-0.39, 0.29) is 17.6 Å². The molecule has 2 aromatic carbocycles. The van der Waals surface area contributed by atoms with E-state index in [4.69, 9.17) is 37.9 Å². The van der Waals surface area contributed by atoms with Crippen LogP contribution < -0.4 is 28.4 Å². The van der Waals surface area contributed by atoms with E-state index in [0.29, 0.717) is 52.9 Å². The van der Waals surface area contributed by atoms with Crippen molar-refractivity contribution in [3.8, 4) is 34.5 Å². The number of carbonyl (C=O) groups is 2. The number of ether oxygens (including phenoxy) is 8. The fourth-order valence-corrected chi connectivity index (χ4v) is 5.60. The van der Waals surface area contributed by atoms with Crippen molar-refractivity contribution in [2.45, 2.75) is 43.2 Å². The van der Waals surface area contributed by atoms with Gasteiger partial charge in [0.15, 0.2) is 23.0 Å². The molecule has 42 heavy (non-hydrogen) atoms. The molecule has 2 bridgehead atoms. The minimum atomic E-state index is -0.955. The van der Waals surface area contributed by atoms with Crippen LogP contribution in [-0.2, 0) is 14.3 Å². The summed E-state index contributed by atoms with van der Waals surface area (Å²) in [6.07, 6.45) is 1.32. The highest BCUT2D eigenvalue weighted by Crippen LogP contribution is 2.41. The summed E-state index contributed by atoms with van der Waals surface area (Å²) in [5.74, 6) is 1.14. The molecule has 0 amide bonds. The number of aliphatic hydroxyl groups excluding tert-OH is 1. The average Bonchev–Trinajstić information content (AvgIpc) is 3.12. The third kappa shape index (κ3) is 6.04. The number of benzene rings is 2. The van der Waals surface area contributed by atoms with Gasteiger partial charge >= 0.3 is 11.9 Å². The van der Waals surface area contributed by atoms with Gasteiger partial charge in [0, 0.05) is 25.0 Å². The molecular formula is C30H37NO11. The number of hydrogen-bond acceptors (Lipinski definition) is 12. The van der Waals surface area contributed by atoms with Gasteiger partial charge in [0.2, 0.25) is 11.5 Å². The smallest absolute Gasteiger partial charge is 0.338 e. The van der Waals surface area contributed by atoms with Gasteiger partial charge in [0.25, 0.3) is 0 Å². The lowest BCUT2D eigenvalue weighted by atomic mass is 10.00. The van der Waals surface area contributed by atoms with E-state index in [9.17, 15) is 14.7 Å². The number of likely N-dealkylation sites (N-methyl/N-ethyl adjacent to an activating group) is 1. The van der Waals surface area contributed by atoms with Crippen LogP contribution in [0.5, 0.6) is 34.5 Å². The quantitative estimate of drug-likeness (QED) is 0.306. The number of esters is 2. The Balaban J connectivity index is 1.44. The van der Waals surface area contributed by atoms with Gasteiger partial charge in [0.1, 0.15) is 18.3 Å². The van der Waals surface area contributed by atoms with Crippen molar-refractivity contribution in [3.05, 3.63) is 41.5 Å². The van der Waals surface area contributed by atoms with Crippen LogP contribution in [0.3, 0.4) is 0 Å². The van der Waals surface area contributed by atoms with Crippen molar-refractivity contribution in [3.63, 3.8) is 0 Å². The molecule has 2 saturated heterocycles. The summed E-state index contributed by atoms with van der Waals surface area (Å²) >= 11 is 0. The predicted molar refractivity (Wildman–Crippen MR) is 151 cm³/mol. The van der Waals surface area contributed by atoms with Crippen LogP contribution >= 0.6 is 0 Å². The zero-order valence-corrected chi connectivity index (χ0v) is 24.7. The van der Waals surface area contributed by atoms with E-state index in [1.807, 2.05) is 11.9 Å². The molecule has 2 heterocycles. The van der Waals surface area contributed by atoms with Gasteiger partial charge in [-0.1, -0.05) is 0 Å². The van der Waals surface area contributed by atoms with Crippen LogP contribution in [0.4, 0.5) is 0 Å². The number of methoxy groups -OCH3 is 6. The first-order valence-electron chi connectivity index (χ1n) is 13.3. The highest BCUT2D eigenvalue weighted by atomic mass is 16.6. The van der Waals surface area contributed by atoms with Crippen LogP contribution in [0, 0.1) is 0 Å². The van der Waals surface area contributed by atoms with E-state index < -0.39 is 30.3 Å². The Morgan fingerprint density at radius 3 is 1.76 bits per heavy atom. The number of nitrogens with zero attached hydrogens (tertiary/aromatic N) is 1. The molecule has 0 saturated carbocycles. The third-order valence-electron chi connectivity index (χ3n) is 7.69. The molecule has 228 valence electrons. The van der Waals surface area contributed by atoms with Gasteiger partial charge in [-0.3, -0.25) is 4.90 Å². The fraction of sp³-hybridized carbons (Fsp3) is 0.467. The largest absolute Gasteiger partial charge is 0.493 e. The summed E-state index contributed by atoms with van der Waals surface area (Å²) in [6.45, 7) is 0. The van der Waals surface area contributed by atoms with Crippen molar-refractivity contribution in [2.75, 3.05) is 49.7 Å². The van der Waals surface area contributed by atoms with Gasteiger partial charge in [-0.05, 0) is 43.0 Å². The van der Waals surface area contributed by atoms with E-state index in [2.05, 4.69) is 0 Å². The monoisotopic (exact) mass is 587 g/mol. The summed E-state index contributed by atoms with van der Waals surface area (Å²) in [5.41, 5.74) is 0.860. The Morgan fingerprint density at radius 2 is 1.26 bits per heavy atom. The Morgan fingerprint density at radius 1 is 0.762 bits per heavy atom. The van der Waals surface area contributed by atoms with E-state index >= 15 is 0 Å². The van der Waals surface area contributed by atoms with Crippen LogP contribution in [-0.4, -0.2) is 102 Å². The van der Waals surface area contributed by atoms with Crippen molar-refractivity contribution < 1.29 is 52.6 Å². The Bertz CT molecular complexity index is 1280. The molecule has 0 radical (unpaired) electrons. The minimum Gasteiger partial charge on any atom is -0.493 e. The zero-order chi connectivity index (χ0) is 30.6. The molecule has 12 heteroatoms. The second-order valence-electron chi connectivity index (χ2n) is 9.90. The van der Waals surface area contributed by atoms with E-state index in [0.717, 1.165) is 0 Å². The Hall–Kier alpha value is -4.16. The maximum atomic E-state index is 13.1. The van der Waals surface area contributed by atoms with Gasteiger partial charge in [-0.2, -0.15) is 0 Å². The predicted octanol–water partition coefficient (Wildman–Crippen LogP) is 2.73. The molecular weight excluding hydrogens is 550 g/mol. The summed E-state index contributed by atoms with van der Waals surface area (Å²) in [5, 5.41) is 11.0. The molecule has 12 nitrogen and oxygen atoms in total. The minimum absolute atomic E-state index is 0.233. The molecule has 4 rings (SSSR count). The fourth-order valence-electron chi connectivity index (χ4n) is 5.60. The number of aliphatic hydroxyl groups is 1. The standard InChI is InChI=1S/C30H37NO11/c1-31-19-14-18(41-30(34)17-12-23(37-4)29(40-7)24(13-17)38-5)15-20(31)27(26(19)33)42-25(32)9-8-16-10-21(35-2)28(39-6)22(11-16)36-3/h8-13,18-20,26-27,33H,14-15H2,1-7H3/b9-8+/t18-,19-,20+,26+,27-/m1/s1. The van der Waals surface area contributed by atoms with E-state index in [1.165, 1.54) is 60.9 Å². The van der Waals surface area contributed by atoms with Crippen molar-refractivity contribution in [2.24, 2.45) is 0 Å². The first kappa shape index (κ1) is 30.8. The zero-order valence-electron chi connectivity index (χ0n) is 24.7. The number of rotatable bonds is 11. The highest BCUT2D eigenvalue weighted by Gasteiger charge is 2.53. The number of carbonyl (C=O) groups excluding carboxylic acids is 2. The molecule has 2 aliphatic rings. The Kier molecular flexibility index (Phi) is 9.69. The lowest BCUT2D eigenvalue weighted by molar-refractivity contribution is -0.148. The van der Waals surface area contributed by atoms with Gasteiger partial charge in [-0.15, -0.1) is 0 Å². The van der Waals surface area contributed by atoms with Gasteiger partial charge in [0.05, 0.1) is 54.3 Å². The van der Waals surface area contributed by atoms with E-state index in [1.54, 1.807) is 18.2 Å². The first-order valence-corrected chi connectivity index (χ1v) is 13.3. The normalized spacial score (nSPS) is 23.3. The molecule has 0 unspecified atom stereocenters. The Labute approximate surface area is 244 Å². The molecule has 0 aromatic heterocycles. The maximum absolute atomic E-state index is 13.1.